The zero-order valence-electron chi connectivity index (χ0n) is 17.6. The second-order valence-electron chi connectivity index (χ2n) is 8.34. The summed E-state index contributed by atoms with van der Waals surface area (Å²) in [6.07, 6.45) is 3.55. The van der Waals surface area contributed by atoms with Gasteiger partial charge in [-0.2, -0.15) is 5.26 Å². The summed E-state index contributed by atoms with van der Waals surface area (Å²) in [6, 6.07) is 15.4. The first-order valence-corrected chi connectivity index (χ1v) is 10.5. The third-order valence-corrected chi connectivity index (χ3v) is 6.65. The lowest BCUT2D eigenvalue weighted by Crippen LogP contribution is -2.35. The van der Waals surface area contributed by atoms with E-state index in [1.165, 1.54) is 0 Å². The van der Waals surface area contributed by atoms with E-state index in [4.69, 9.17) is 0 Å². The van der Waals surface area contributed by atoms with E-state index in [1.807, 2.05) is 48.1 Å². The fourth-order valence-corrected chi connectivity index (χ4v) is 4.93. The van der Waals surface area contributed by atoms with Crippen molar-refractivity contribution in [3.05, 3.63) is 76.0 Å². The van der Waals surface area contributed by atoms with Crippen molar-refractivity contribution < 1.29 is 4.39 Å². The summed E-state index contributed by atoms with van der Waals surface area (Å²) in [5, 5.41) is 11.3. The molecule has 1 saturated heterocycles. The smallest absolute Gasteiger partial charge is 0.270 e. The normalized spacial score (nSPS) is 15.0. The molecule has 2 aromatic carbocycles. The number of nitrogens with zero attached hydrogens (tertiary/aromatic N) is 4. The number of hydrogen-bond donors (Lipinski definition) is 0. The molecule has 2 aromatic heterocycles. The van der Waals surface area contributed by atoms with Gasteiger partial charge >= 0.3 is 0 Å². The van der Waals surface area contributed by atoms with Gasteiger partial charge in [0.05, 0.1) is 16.7 Å². The summed E-state index contributed by atoms with van der Waals surface area (Å²) < 4.78 is 18.1. The van der Waals surface area contributed by atoms with Gasteiger partial charge < -0.3 is 14.0 Å². The molecule has 1 aliphatic rings. The highest BCUT2D eigenvalue weighted by atomic mass is 19.1. The highest BCUT2D eigenvalue weighted by molar-refractivity contribution is 5.95. The standard InChI is InChI=1S/C25H23FN4O/c1-28-10-9-18-21(26)13-17(14-23(18)28)16-7-11-30(12-8-16)24-19-5-3-4-6-22(19)29(2)25(31)20(24)15-27/h3-6,9-10,13-14,16H,7-8,11-12H2,1-2H3. The summed E-state index contributed by atoms with van der Waals surface area (Å²) in [4.78, 5) is 15.0. The summed E-state index contributed by atoms with van der Waals surface area (Å²) in [7, 11) is 3.63. The molecule has 0 unspecified atom stereocenters. The first-order valence-electron chi connectivity index (χ1n) is 10.5. The maximum atomic E-state index is 14.6. The average Bonchev–Trinajstić information content (AvgIpc) is 3.17. The van der Waals surface area contributed by atoms with Crippen LogP contribution in [0.3, 0.4) is 0 Å². The lowest BCUT2D eigenvalue weighted by Gasteiger charge is -2.35. The molecule has 31 heavy (non-hydrogen) atoms. The number of aromatic nitrogens is 2. The van der Waals surface area contributed by atoms with Crippen molar-refractivity contribution in [3.8, 4) is 6.07 Å². The molecule has 5 rings (SSSR count). The number of aryl methyl sites for hydroxylation is 2. The van der Waals surface area contributed by atoms with Crippen molar-refractivity contribution in [1.82, 2.24) is 9.13 Å². The minimum absolute atomic E-state index is 0.181. The summed E-state index contributed by atoms with van der Waals surface area (Å²) in [6.45, 7) is 1.42. The van der Waals surface area contributed by atoms with Gasteiger partial charge in [0.15, 0.2) is 0 Å². The van der Waals surface area contributed by atoms with Crippen molar-refractivity contribution in [2.75, 3.05) is 18.0 Å². The molecule has 0 atom stereocenters. The third kappa shape index (κ3) is 3.00. The number of fused-ring (bicyclic) bond motifs is 2. The zero-order chi connectivity index (χ0) is 21.7. The van der Waals surface area contributed by atoms with E-state index in [-0.39, 0.29) is 22.9 Å². The minimum Gasteiger partial charge on any atom is -0.370 e. The van der Waals surface area contributed by atoms with Crippen LogP contribution < -0.4 is 10.5 Å². The molecule has 6 heteroatoms. The molecule has 0 amide bonds. The number of para-hydroxylation sites is 1. The number of halogens is 1. The molecule has 0 N–H and O–H groups in total. The van der Waals surface area contributed by atoms with Crippen LogP contribution in [0.15, 0.2) is 53.5 Å². The topological polar surface area (TPSA) is 54.0 Å². The van der Waals surface area contributed by atoms with Gasteiger partial charge in [0, 0.05) is 44.2 Å². The van der Waals surface area contributed by atoms with E-state index >= 15 is 0 Å². The summed E-state index contributed by atoms with van der Waals surface area (Å²) >= 11 is 0. The van der Waals surface area contributed by atoms with Gasteiger partial charge in [-0.15, -0.1) is 0 Å². The molecule has 0 aliphatic carbocycles. The first kappa shape index (κ1) is 19.4. The van der Waals surface area contributed by atoms with Crippen LogP contribution in [-0.2, 0) is 14.1 Å². The lowest BCUT2D eigenvalue weighted by molar-refractivity contribution is 0.503. The molecule has 1 fully saturated rings. The van der Waals surface area contributed by atoms with E-state index in [2.05, 4.69) is 17.0 Å². The van der Waals surface area contributed by atoms with Crippen molar-refractivity contribution in [1.29, 1.82) is 5.26 Å². The van der Waals surface area contributed by atoms with E-state index in [1.54, 1.807) is 17.7 Å². The Morgan fingerprint density at radius 2 is 1.77 bits per heavy atom. The van der Waals surface area contributed by atoms with Crippen LogP contribution in [0.5, 0.6) is 0 Å². The van der Waals surface area contributed by atoms with E-state index < -0.39 is 0 Å². The zero-order valence-corrected chi connectivity index (χ0v) is 17.6. The molecule has 156 valence electrons. The molecule has 3 heterocycles. The van der Waals surface area contributed by atoms with Crippen molar-refractivity contribution >= 4 is 27.5 Å². The molecular weight excluding hydrogens is 391 g/mol. The Morgan fingerprint density at radius 3 is 2.52 bits per heavy atom. The van der Waals surface area contributed by atoms with Gasteiger partial charge in [-0.1, -0.05) is 18.2 Å². The number of pyridine rings is 1. The molecule has 0 bridgehead atoms. The molecule has 4 aromatic rings. The lowest BCUT2D eigenvalue weighted by atomic mass is 9.88. The van der Waals surface area contributed by atoms with Crippen molar-refractivity contribution in [2.45, 2.75) is 18.8 Å². The van der Waals surface area contributed by atoms with Crippen LogP contribution in [0.1, 0.15) is 29.9 Å². The largest absolute Gasteiger partial charge is 0.370 e. The van der Waals surface area contributed by atoms with Gasteiger partial charge in [-0.05, 0) is 48.6 Å². The Bertz CT molecular complexity index is 1420. The quantitative estimate of drug-likeness (QED) is 0.488. The highest BCUT2D eigenvalue weighted by Gasteiger charge is 2.26. The average molecular weight is 414 g/mol. The van der Waals surface area contributed by atoms with Gasteiger partial charge in [-0.3, -0.25) is 4.79 Å². The number of anilines is 1. The Balaban J connectivity index is 1.50. The van der Waals surface area contributed by atoms with Crippen LogP contribution in [0, 0.1) is 17.1 Å². The summed E-state index contributed by atoms with van der Waals surface area (Å²) in [5.41, 5.74) is 3.39. The Morgan fingerprint density at radius 1 is 1.03 bits per heavy atom. The number of hydrogen-bond acceptors (Lipinski definition) is 3. The second kappa shape index (κ2) is 7.28. The van der Waals surface area contributed by atoms with E-state index in [9.17, 15) is 14.4 Å². The van der Waals surface area contributed by atoms with Crippen molar-refractivity contribution in [3.63, 3.8) is 0 Å². The molecule has 1 aliphatic heterocycles. The Labute approximate surface area is 179 Å². The number of benzene rings is 2. The van der Waals surface area contributed by atoms with Crippen molar-refractivity contribution in [2.24, 2.45) is 14.1 Å². The number of rotatable bonds is 2. The molecule has 0 radical (unpaired) electrons. The van der Waals surface area contributed by atoms with Gasteiger partial charge in [0.2, 0.25) is 0 Å². The predicted molar refractivity (Wildman–Crippen MR) is 121 cm³/mol. The third-order valence-electron chi connectivity index (χ3n) is 6.65. The minimum atomic E-state index is -0.269. The van der Waals surface area contributed by atoms with Gasteiger partial charge in [0.1, 0.15) is 17.4 Å². The number of nitriles is 1. The molecular formula is C25H23FN4O. The fourth-order valence-electron chi connectivity index (χ4n) is 4.93. The van der Waals surface area contributed by atoms with Crippen LogP contribution in [0.25, 0.3) is 21.8 Å². The Hall–Kier alpha value is -3.59. The van der Waals surface area contributed by atoms with Crippen LogP contribution >= 0.6 is 0 Å². The van der Waals surface area contributed by atoms with Crippen LogP contribution in [0.4, 0.5) is 10.1 Å². The monoisotopic (exact) mass is 414 g/mol. The number of piperidine rings is 1. The van der Waals surface area contributed by atoms with Crippen LogP contribution in [0.2, 0.25) is 0 Å². The second-order valence-corrected chi connectivity index (χ2v) is 8.34. The highest BCUT2D eigenvalue weighted by Crippen LogP contribution is 2.36. The molecule has 0 spiro atoms. The SMILES string of the molecule is Cn1ccc2c(F)cc(C3CCN(c4c(C#N)c(=O)n(C)c5ccccc45)CC3)cc21. The van der Waals surface area contributed by atoms with Gasteiger partial charge in [-0.25, -0.2) is 4.39 Å². The fraction of sp³-hybridized carbons (Fsp3) is 0.280. The molecule has 0 saturated carbocycles. The van der Waals surface area contributed by atoms with E-state index in [0.717, 1.165) is 40.5 Å². The maximum Gasteiger partial charge on any atom is 0.270 e. The van der Waals surface area contributed by atoms with Gasteiger partial charge in [0.25, 0.3) is 5.56 Å². The summed E-state index contributed by atoms with van der Waals surface area (Å²) in [5.74, 6) is 0.0632. The first-order chi connectivity index (χ1) is 15.0. The van der Waals surface area contributed by atoms with E-state index in [0.29, 0.717) is 18.5 Å². The maximum absolute atomic E-state index is 14.6. The Kier molecular flexibility index (Phi) is 4.55. The predicted octanol–water partition coefficient (Wildman–Crippen LogP) is 4.42. The molecule has 5 nitrogen and oxygen atoms in total. The van der Waals surface area contributed by atoms with Crippen LogP contribution in [-0.4, -0.2) is 22.2 Å².